The van der Waals surface area contributed by atoms with Gasteiger partial charge in [0.05, 0.1) is 31.0 Å². The summed E-state index contributed by atoms with van der Waals surface area (Å²) in [4.78, 5) is 68.1. The van der Waals surface area contributed by atoms with E-state index < -0.39 is 77.2 Å². The van der Waals surface area contributed by atoms with Crippen LogP contribution in [0.2, 0.25) is 0 Å². The predicted molar refractivity (Wildman–Crippen MR) is 227 cm³/mol. The number of methoxy groups -OCH3 is 2. The van der Waals surface area contributed by atoms with Crippen molar-refractivity contribution in [2.45, 2.75) is 83.8 Å². The van der Waals surface area contributed by atoms with Crippen molar-refractivity contribution in [3.05, 3.63) is 77.4 Å². The summed E-state index contributed by atoms with van der Waals surface area (Å²) in [6, 6.07) is 8.83. The van der Waals surface area contributed by atoms with Crippen molar-refractivity contribution >= 4 is 52.2 Å². The van der Waals surface area contributed by atoms with Crippen LogP contribution in [0.25, 0.3) is 22.2 Å². The van der Waals surface area contributed by atoms with Crippen LogP contribution in [0.15, 0.2) is 48.5 Å². The third kappa shape index (κ3) is 8.84. The fourth-order valence-electron chi connectivity index (χ4n) is 8.74. The first-order valence-corrected chi connectivity index (χ1v) is 21.2. The first-order chi connectivity index (χ1) is 30.5. The van der Waals surface area contributed by atoms with Crippen molar-refractivity contribution in [1.82, 2.24) is 25.0 Å². The number of alkyl carbamates (subject to hydrolysis) is 2. The zero-order valence-electron chi connectivity index (χ0n) is 36.2. The van der Waals surface area contributed by atoms with Gasteiger partial charge in [-0.3, -0.25) is 14.4 Å². The number of amides is 5. The Morgan fingerprint density at radius 1 is 0.750 bits per heavy atom. The molecule has 4 aromatic rings. The Hall–Kier alpha value is -6.53. The predicted octanol–water partition coefficient (Wildman–Crippen LogP) is 6.90. The summed E-state index contributed by atoms with van der Waals surface area (Å²) in [6.45, 7) is 8.26. The molecule has 4 heterocycles. The minimum Gasteiger partial charge on any atom is -0.465 e. The van der Waals surface area contributed by atoms with Crippen LogP contribution in [-0.4, -0.2) is 102 Å². The number of carbonyl (C=O) groups excluding carboxylic acids is 5. The van der Waals surface area contributed by atoms with Crippen molar-refractivity contribution < 1.29 is 55.7 Å². The highest BCUT2D eigenvalue weighted by atomic mass is 19.2. The molecule has 0 spiro atoms. The number of halogens is 4. The average Bonchev–Trinajstić information content (AvgIpc) is 4.04. The summed E-state index contributed by atoms with van der Waals surface area (Å²) >= 11 is 0. The van der Waals surface area contributed by atoms with Gasteiger partial charge in [0.25, 0.3) is 0 Å². The van der Waals surface area contributed by atoms with Crippen molar-refractivity contribution in [3.63, 3.8) is 0 Å². The Morgan fingerprint density at radius 3 is 1.97 bits per heavy atom. The number of rotatable bonds is 12. The normalized spacial score (nSPS) is 18.8. The van der Waals surface area contributed by atoms with E-state index in [0.29, 0.717) is 72.4 Å². The lowest BCUT2D eigenvalue weighted by molar-refractivity contribution is -0.139. The molecule has 2 saturated heterocycles. The fourth-order valence-corrected chi connectivity index (χ4v) is 8.74. The van der Waals surface area contributed by atoms with Crippen LogP contribution >= 0.6 is 0 Å². The summed E-state index contributed by atoms with van der Waals surface area (Å²) in [6.07, 6.45) is -0.870. The van der Waals surface area contributed by atoms with Crippen LogP contribution in [-0.2, 0) is 23.9 Å². The molecule has 1 aromatic heterocycles. The van der Waals surface area contributed by atoms with E-state index in [1.54, 1.807) is 61.2 Å². The smallest absolute Gasteiger partial charge is 0.407 e. The van der Waals surface area contributed by atoms with Crippen molar-refractivity contribution in [1.29, 1.82) is 0 Å². The van der Waals surface area contributed by atoms with E-state index >= 15 is 8.78 Å². The van der Waals surface area contributed by atoms with Crippen LogP contribution in [0.3, 0.4) is 0 Å². The molecule has 0 aliphatic carbocycles. The van der Waals surface area contributed by atoms with Gasteiger partial charge in [-0.2, -0.15) is 0 Å². The van der Waals surface area contributed by atoms with Crippen molar-refractivity contribution in [3.8, 4) is 17.0 Å². The zero-order valence-corrected chi connectivity index (χ0v) is 36.2. The van der Waals surface area contributed by atoms with E-state index in [1.807, 2.05) is 13.8 Å². The maximum Gasteiger partial charge on any atom is 0.407 e. The van der Waals surface area contributed by atoms with Crippen LogP contribution < -0.4 is 26.0 Å². The van der Waals surface area contributed by atoms with Gasteiger partial charge in [0.15, 0.2) is 23.3 Å². The maximum absolute atomic E-state index is 15.6. The first kappa shape index (κ1) is 45.5. The second-order valence-corrected chi connectivity index (χ2v) is 16.8. The number of benzene rings is 3. The van der Waals surface area contributed by atoms with Gasteiger partial charge in [-0.15, -0.1) is 0 Å². The summed E-state index contributed by atoms with van der Waals surface area (Å²) < 4.78 is 78.0. The highest BCUT2D eigenvalue weighted by Crippen LogP contribution is 2.46. The van der Waals surface area contributed by atoms with E-state index in [2.05, 4.69) is 21.3 Å². The molecule has 0 saturated carbocycles. The molecule has 2 fully saturated rings. The molecule has 3 aromatic carbocycles. The van der Waals surface area contributed by atoms with Gasteiger partial charge in [-0.25, -0.2) is 27.2 Å². The Kier molecular flexibility index (Phi) is 13.3. The van der Waals surface area contributed by atoms with Gasteiger partial charge in [-0.05, 0) is 73.9 Å². The molecule has 5 atom stereocenters. The lowest BCUT2D eigenvalue weighted by atomic mass is 10.0. The highest BCUT2D eigenvalue weighted by Gasteiger charge is 2.40. The molecular formula is C45H51F4N7O8. The third-order valence-electron chi connectivity index (χ3n) is 12.1. The van der Waals surface area contributed by atoms with Crippen LogP contribution in [0.1, 0.15) is 65.2 Å². The monoisotopic (exact) mass is 893 g/mol. The number of likely N-dealkylation sites (tertiary alicyclic amines) is 2. The van der Waals surface area contributed by atoms with Gasteiger partial charge in [0.1, 0.15) is 23.9 Å². The largest absolute Gasteiger partial charge is 0.465 e. The second kappa shape index (κ2) is 18.7. The lowest BCUT2D eigenvalue weighted by Crippen LogP contribution is -2.54. The molecule has 3 aliphatic rings. The number of hydrogen-bond donors (Lipinski definition) is 4. The first-order valence-electron chi connectivity index (χ1n) is 21.2. The Balaban J connectivity index is 1.18. The summed E-state index contributed by atoms with van der Waals surface area (Å²) in [5.41, 5.74) is 1.08. The quantitative estimate of drug-likeness (QED) is 0.0873. The van der Waals surface area contributed by atoms with E-state index in [0.717, 1.165) is 6.42 Å². The number of anilines is 2. The Morgan fingerprint density at radius 2 is 1.34 bits per heavy atom. The molecule has 3 aliphatic heterocycles. The molecule has 342 valence electrons. The summed E-state index contributed by atoms with van der Waals surface area (Å²) in [5, 5.41) is 11.8. The van der Waals surface area contributed by atoms with Crippen LogP contribution in [0, 0.1) is 35.1 Å². The van der Waals surface area contributed by atoms with Gasteiger partial charge >= 0.3 is 12.2 Å². The number of nitrogens with zero attached hydrogens (tertiary/aromatic N) is 3. The summed E-state index contributed by atoms with van der Waals surface area (Å²) in [7, 11) is 2.41. The van der Waals surface area contributed by atoms with Gasteiger partial charge < -0.3 is 49.8 Å². The van der Waals surface area contributed by atoms with E-state index in [1.165, 1.54) is 23.7 Å². The molecular weight excluding hydrogens is 843 g/mol. The minimum atomic E-state index is -1.73. The SMILES string of the molecule is COC(=O)N[C@H](C(=O)N1CCC[C@H]1CNc1ccc2c(c1)O[C@@H](c1c(F)c(F)cc(F)c1F)n1c-2cc2cc(NC(=O)[C@@H]3CCCN3C(=O)[C@@H](NC(=O)OC)C(C)C)ccc21)C(C)C. The number of ether oxygens (including phenoxy) is 3. The molecule has 64 heavy (non-hydrogen) atoms. The Labute approximate surface area is 366 Å². The van der Waals surface area contributed by atoms with Crippen molar-refractivity contribution in [2.75, 3.05) is 44.5 Å². The fraction of sp³-hybridized carbons (Fsp3) is 0.444. The molecule has 19 heteroatoms. The standard InChI is InChI=1S/C45H51F4N7O8/c1-22(2)38(52-44(60)62-5)41(58)54-15-7-9-27(54)21-50-25-11-13-28-33-18-24-17-26(51-40(57)32-10-8-16-55(32)42(59)39(23(3)4)53-45(61)63-6)12-14-31(24)56(33)43(64-34(28)19-25)35-36(48)29(46)20-30(47)37(35)49/h11-14,17-20,22-23,27,32,38-39,43,50H,7-10,15-16,21H2,1-6H3,(H,51,57)(H,52,60)(H,53,61)/t27-,32-,38-,39-,43-/m0/s1. The number of aromatic nitrogens is 1. The molecule has 7 rings (SSSR count). The molecule has 0 bridgehead atoms. The highest BCUT2D eigenvalue weighted by molar-refractivity contribution is 6.01. The molecule has 5 amide bonds. The van der Waals surface area contributed by atoms with Crippen LogP contribution in [0.5, 0.6) is 5.75 Å². The van der Waals surface area contributed by atoms with Gasteiger partial charge in [-0.1, -0.05) is 27.7 Å². The van der Waals surface area contributed by atoms with E-state index in [-0.39, 0.29) is 35.6 Å². The summed E-state index contributed by atoms with van der Waals surface area (Å²) in [5.74, 6) is -8.01. The topological polar surface area (TPSA) is 173 Å². The average molecular weight is 894 g/mol. The molecule has 15 nitrogen and oxygen atoms in total. The molecule has 4 N–H and O–H groups in total. The lowest BCUT2D eigenvalue weighted by Gasteiger charge is -2.32. The number of carbonyl (C=O) groups is 5. The zero-order chi connectivity index (χ0) is 46.1. The maximum atomic E-state index is 15.6. The second-order valence-electron chi connectivity index (χ2n) is 16.8. The number of nitrogens with one attached hydrogen (secondary N) is 4. The Bertz CT molecular complexity index is 2450. The van der Waals surface area contributed by atoms with Gasteiger partial charge in [0, 0.05) is 60.1 Å². The number of hydrogen-bond acceptors (Lipinski definition) is 9. The molecule has 0 radical (unpaired) electrons. The van der Waals surface area contributed by atoms with Crippen molar-refractivity contribution in [2.24, 2.45) is 11.8 Å². The third-order valence-corrected chi connectivity index (χ3v) is 12.1. The minimum absolute atomic E-state index is 0.125. The number of fused-ring (bicyclic) bond motifs is 5. The van der Waals surface area contributed by atoms with Crippen LogP contribution in [0.4, 0.5) is 38.5 Å². The van der Waals surface area contributed by atoms with E-state index in [9.17, 15) is 32.8 Å². The van der Waals surface area contributed by atoms with E-state index in [4.69, 9.17) is 14.2 Å². The molecule has 0 unspecified atom stereocenters. The van der Waals surface area contributed by atoms with Gasteiger partial charge in [0.2, 0.25) is 23.9 Å².